The van der Waals surface area contributed by atoms with E-state index >= 15 is 0 Å². The molecule has 0 aliphatic heterocycles. The molecule has 0 saturated heterocycles. The van der Waals surface area contributed by atoms with E-state index in [0.717, 1.165) is 5.92 Å². The van der Waals surface area contributed by atoms with Crippen LogP contribution in [-0.2, 0) is 0 Å². The van der Waals surface area contributed by atoms with Crippen LogP contribution in [0.15, 0.2) is 0 Å². The van der Waals surface area contributed by atoms with Gasteiger partial charge in [-0.2, -0.15) is 0 Å². The zero-order valence-corrected chi connectivity index (χ0v) is 11.0. The topological polar surface area (TPSA) is 0 Å². The lowest BCUT2D eigenvalue weighted by Gasteiger charge is -2.26. The molecule has 0 N–H and O–H groups in total. The smallest absolute Gasteiger partial charge is 0.0181 e. The molecule has 0 heterocycles. The van der Waals surface area contributed by atoms with Crippen molar-refractivity contribution in [2.45, 2.75) is 45.7 Å². The fourth-order valence-electron chi connectivity index (χ4n) is 0.805. The highest BCUT2D eigenvalue weighted by molar-refractivity contribution is 14.0. The summed E-state index contributed by atoms with van der Waals surface area (Å²) >= 11 is 0. The Kier molecular flexibility index (Phi) is 7.92. The highest BCUT2D eigenvalue weighted by Crippen LogP contribution is 2.29. The fraction of sp³-hybridized carbons (Fsp3) is 1.00. The Morgan fingerprint density at radius 2 is 1.80 bits per heavy atom. The lowest BCUT2D eigenvalue weighted by Crippen LogP contribution is -2.20. The molecule has 64 valence electrons. The van der Waals surface area contributed by atoms with Gasteiger partial charge in [0.05, 0.1) is 0 Å². The van der Waals surface area contributed by atoms with Crippen LogP contribution < -0.4 is 0 Å². The van der Waals surface area contributed by atoms with Crippen molar-refractivity contribution in [1.82, 2.24) is 0 Å². The van der Waals surface area contributed by atoms with Gasteiger partial charge in [0.1, 0.15) is 0 Å². The summed E-state index contributed by atoms with van der Waals surface area (Å²) in [5.41, 5.74) is 0. The third-order valence-electron chi connectivity index (χ3n) is 1.99. The van der Waals surface area contributed by atoms with E-state index in [-0.39, 0.29) is 24.0 Å². The van der Waals surface area contributed by atoms with Gasteiger partial charge in [0.25, 0.3) is 0 Å². The molecule has 0 aromatic heterocycles. The molecule has 0 aromatic rings. The average Bonchev–Trinajstić information content (AvgIpc) is 1.64. The highest BCUT2D eigenvalue weighted by Gasteiger charge is 2.18. The van der Waals surface area contributed by atoms with Crippen LogP contribution in [0, 0.1) is 5.92 Å². The van der Waals surface area contributed by atoms with Crippen molar-refractivity contribution in [2.75, 3.05) is 0 Å². The van der Waals surface area contributed by atoms with Gasteiger partial charge in [-0.15, -0.1) is 33.2 Å². The van der Waals surface area contributed by atoms with Gasteiger partial charge in [-0.25, -0.2) is 0 Å². The van der Waals surface area contributed by atoms with Crippen molar-refractivity contribution in [3.05, 3.63) is 0 Å². The van der Waals surface area contributed by atoms with E-state index in [4.69, 9.17) is 0 Å². The summed E-state index contributed by atoms with van der Waals surface area (Å²) in [6, 6.07) is 0. The van der Waals surface area contributed by atoms with Crippen molar-refractivity contribution in [1.29, 1.82) is 0 Å². The van der Waals surface area contributed by atoms with Crippen molar-refractivity contribution >= 4 is 33.2 Å². The largest absolute Gasteiger partial charge is 0.131 e. The van der Waals surface area contributed by atoms with Gasteiger partial charge in [-0.1, -0.05) is 40.5 Å². The van der Waals surface area contributed by atoms with Crippen LogP contribution in [0.5, 0.6) is 0 Å². The molecular formula is C8H20IP. The zero-order chi connectivity index (χ0) is 7.49. The van der Waals surface area contributed by atoms with Gasteiger partial charge in [-0.05, 0) is 11.1 Å². The van der Waals surface area contributed by atoms with Crippen LogP contribution in [-0.4, -0.2) is 5.16 Å². The molecule has 0 saturated carbocycles. The van der Waals surface area contributed by atoms with Gasteiger partial charge >= 0.3 is 0 Å². The Bertz CT molecular complexity index is 75.8. The van der Waals surface area contributed by atoms with Crippen molar-refractivity contribution in [3.63, 3.8) is 0 Å². The minimum atomic E-state index is 0. The second-order valence-corrected chi connectivity index (χ2v) is 5.00. The first-order valence-corrected chi connectivity index (χ1v) is 4.35. The van der Waals surface area contributed by atoms with Gasteiger partial charge in [0.2, 0.25) is 0 Å². The minimum Gasteiger partial charge on any atom is -0.131 e. The molecule has 2 unspecified atom stereocenters. The first-order chi connectivity index (χ1) is 3.98. The number of hydrogen-bond donors (Lipinski definition) is 0. The molecule has 10 heavy (non-hydrogen) atoms. The van der Waals surface area contributed by atoms with E-state index < -0.39 is 0 Å². The molecule has 0 amide bonds. The normalized spacial score (nSPS) is 14.1. The lowest BCUT2D eigenvalue weighted by molar-refractivity contribution is 0.425. The Hall–Kier alpha value is 1.16. The average molecular weight is 274 g/mol. The summed E-state index contributed by atoms with van der Waals surface area (Å²) in [5, 5.41) is 0.427. The van der Waals surface area contributed by atoms with E-state index in [1.54, 1.807) is 0 Å². The van der Waals surface area contributed by atoms with Gasteiger partial charge in [0.15, 0.2) is 0 Å². The predicted molar refractivity (Wildman–Crippen MR) is 63.3 cm³/mol. The number of rotatable bonds is 3. The van der Waals surface area contributed by atoms with E-state index in [1.807, 2.05) is 0 Å². The molecule has 0 rings (SSSR count). The SMILES string of the molecule is CCCC(C)C(C)(C)P.I. The van der Waals surface area contributed by atoms with Crippen LogP contribution in [0.25, 0.3) is 0 Å². The van der Waals surface area contributed by atoms with E-state index in [9.17, 15) is 0 Å². The van der Waals surface area contributed by atoms with E-state index in [2.05, 4.69) is 36.9 Å². The summed E-state index contributed by atoms with van der Waals surface area (Å²) in [6.07, 6.45) is 2.65. The van der Waals surface area contributed by atoms with Gasteiger partial charge in [-0.3, -0.25) is 0 Å². The summed E-state index contributed by atoms with van der Waals surface area (Å²) in [6.45, 7) is 9.11. The molecule has 0 spiro atoms. The van der Waals surface area contributed by atoms with Gasteiger partial charge in [0, 0.05) is 0 Å². The molecule has 2 heteroatoms. The molecule has 0 fully saturated rings. The Labute approximate surface area is 84.8 Å². The van der Waals surface area contributed by atoms with E-state index in [1.165, 1.54) is 12.8 Å². The van der Waals surface area contributed by atoms with Crippen molar-refractivity contribution < 1.29 is 0 Å². The summed E-state index contributed by atoms with van der Waals surface area (Å²) in [4.78, 5) is 0. The molecule has 0 radical (unpaired) electrons. The molecular weight excluding hydrogens is 254 g/mol. The Morgan fingerprint density at radius 3 is 1.90 bits per heavy atom. The van der Waals surface area contributed by atoms with Crippen LogP contribution in [0.4, 0.5) is 0 Å². The maximum atomic E-state index is 2.90. The highest BCUT2D eigenvalue weighted by atomic mass is 127. The Morgan fingerprint density at radius 1 is 1.40 bits per heavy atom. The first kappa shape index (κ1) is 13.7. The second kappa shape index (κ2) is 5.77. The van der Waals surface area contributed by atoms with Crippen LogP contribution in [0.3, 0.4) is 0 Å². The van der Waals surface area contributed by atoms with E-state index in [0.29, 0.717) is 5.16 Å². The van der Waals surface area contributed by atoms with Crippen molar-refractivity contribution in [2.24, 2.45) is 5.92 Å². The van der Waals surface area contributed by atoms with Crippen LogP contribution in [0.1, 0.15) is 40.5 Å². The fourth-order valence-corrected chi connectivity index (χ4v) is 0.972. The second-order valence-electron chi connectivity index (χ2n) is 3.51. The third kappa shape index (κ3) is 5.91. The molecule has 0 aliphatic rings. The van der Waals surface area contributed by atoms with Gasteiger partial charge < -0.3 is 0 Å². The zero-order valence-electron chi connectivity index (χ0n) is 7.48. The third-order valence-corrected chi connectivity index (χ3v) is 2.56. The van der Waals surface area contributed by atoms with Crippen LogP contribution in [0.2, 0.25) is 0 Å². The maximum absolute atomic E-state index is 2.90. The number of hydrogen-bond acceptors (Lipinski definition) is 0. The maximum Gasteiger partial charge on any atom is -0.0181 e. The minimum absolute atomic E-state index is 0. The lowest BCUT2D eigenvalue weighted by atomic mass is 9.93. The monoisotopic (exact) mass is 274 g/mol. The predicted octanol–water partition coefficient (Wildman–Crippen LogP) is 3.69. The summed E-state index contributed by atoms with van der Waals surface area (Å²) < 4.78 is 0. The molecule has 2 atom stereocenters. The summed E-state index contributed by atoms with van der Waals surface area (Å²) in [7, 11) is 2.90. The Balaban J connectivity index is 0. The quantitative estimate of drug-likeness (QED) is 0.544. The molecule has 0 nitrogen and oxygen atoms in total. The molecule has 0 bridgehead atoms. The summed E-state index contributed by atoms with van der Waals surface area (Å²) in [5.74, 6) is 0.826. The van der Waals surface area contributed by atoms with Crippen molar-refractivity contribution in [3.8, 4) is 0 Å². The number of halogens is 1. The standard InChI is InChI=1S/C8H19P.HI/c1-5-6-7(2)8(3,4)9;/h7H,5-6,9H2,1-4H3;1H. The molecule has 0 aliphatic carbocycles. The van der Waals surface area contributed by atoms with Crippen LogP contribution >= 0.6 is 33.2 Å². The molecule has 0 aromatic carbocycles. The first-order valence-electron chi connectivity index (χ1n) is 3.77.